The van der Waals surface area contributed by atoms with Crippen molar-refractivity contribution in [3.63, 3.8) is 0 Å². The SMILES string of the molecule is CN=C(NCCCOC1CCOCC1)NC(C)c1ccc(F)cc1F. The molecule has 1 heterocycles. The van der Waals surface area contributed by atoms with Gasteiger partial charge >= 0.3 is 0 Å². The number of benzene rings is 1. The van der Waals surface area contributed by atoms with Crippen LogP contribution in [0.1, 0.15) is 37.8 Å². The van der Waals surface area contributed by atoms with Gasteiger partial charge in [0, 0.05) is 45.0 Å². The van der Waals surface area contributed by atoms with E-state index in [0.29, 0.717) is 30.8 Å². The van der Waals surface area contributed by atoms with E-state index in [1.165, 1.54) is 12.1 Å². The number of rotatable bonds is 7. The second-order valence-corrected chi connectivity index (χ2v) is 6.07. The van der Waals surface area contributed by atoms with Crippen LogP contribution in [0.25, 0.3) is 0 Å². The molecular formula is C18H27F2N3O2. The monoisotopic (exact) mass is 355 g/mol. The molecule has 0 spiro atoms. The lowest BCUT2D eigenvalue weighted by Crippen LogP contribution is -2.39. The fourth-order valence-corrected chi connectivity index (χ4v) is 2.70. The third-order valence-corrected chi connectivity index (χ3v) is 4.14. The van der Waals surface area contributed by atoms with Crippen LogP contribution in [0.2, 0.25) is 0 Å². The van der Waals surface area contributed by atoms with Crippen LogP contribution < -0.4 is 10.6 Å². The van der Waals surface area contributed by atoms with Gasteiger partial charge in [0.25, 0.3) is 0 Å². The van der Waals surface area contributed by atoms with E-state index < -0.39 is 11.6 Å². The fraction of sp³-hybridized carbons (Fsp3) is 0.611. The van der Waals surface area contributed by atoms with Crippen molar-refractivity contribution in [1.29, 1.82) is 0 Å². The van der Waals surface area contributed by atoms with Crippen molar-refractivity contribution in [1.82, 2.24) is 10.6 Å². The van der Waals surface area contributed by atoms with E-state index in [0.717, 1.165) is 38.5 Å². The Morgan fingerprint density at radius 1 is 1.36 bits per heavy atom. The zero-order valence-electron chi connectivity index (χ0n) is 14.9. The van der Waals surface area contributed by atoms with E-state index in [1.807, 2.05) is 0 Å². The number of nitrogens with zero attached hydrogens (tertiary/aromatic N) is 1. The van der Waals surface area contributed by atoms with Crippen LogP contribution >= 0.6 is 0 Å². The highest BCUT2D eigenvalue weighted by atomic mass is 19.1. The molecule has 7 heteroatoms. The molecule has 1 aromatic carbocycles. The summed E-state index contributed by atoms with van der Waals surface area (Å²) >= 11 is 0. The van der Waals surface area contributed by atoms with Crippen molar-refractivity contribution >= 4 is 5.96 Å². The zero-order chi connectivity index (χ0) is 18.1. The normalized spacial score (nSPS) is 17.4. The summed E-state index contributed by atoms with van der Waals surface area (Å²) in [6.45, 7) is 4.73. The van der Waals surface area contributed by atoms with E-state index >= 15 is 0 Å². The Morgan fingerprint density at radius 3 is 2.80 bits per heavy atom. The van der Waals surface area contributed by atoms with Crippen molar-refractivity contribution < 1.29 is 18.3 Å². The predicted octanol–water partition coefficient (Wildman–Crippen LogP) is 2.78. The Kier molecular flexibility index (Phi) is 8.08. The van der Waals surface area contributed by atoms with Gasteiger partial charge in [0.2, 0.25) is 0 Å². The van der Waals surface area contributed by atoms with Crippen molar-refractivity contribution in [2.24, 2.45) is 4.99 Å². The predicted molar refractivity (Wildman–Crippen MR) is 93.7 cm³/mol. The average Bonchev–Trinajstić information content (AvgIpc) is 2.61. The molecule has 1 unspecified atom stereocenters. The molecule has 0 amide bonds. The van der Waals surface area contributed by atoms with Crippen molar-refractivity contribution in [3.05, 3.63) is 35.4 Å². The number of ether oxygens (including phenoxy) is 2. The topological polar surface area (TPSA) is 54.9 Å². The van der Waals surface area contributed by atoms with E-state index in [2.05, 4.69) is 15.6 Å². The van der Waals surface area contributed by atoms with Crippen LogP contribution in [0, 0.1) is 11.6 Å². The van der Waals surface area contributed by atoms with Gasteiger partial charge in [0.05, 0.1) is 12.1 Å². The molecule has 0 aliphatic carbocycles. The molecule has 5 nitrogen and oxygen atoms in total. The molecule has 1 fully saturated rings. The average molecular weight is 355 g/mol. The van der Waals surface area contributed by atoms with Gasteiger partial charge in [0.1, 0.15) is 11.6 Å². The Labute approximate surface area is 147 Å². The molecule has 2 N–H and O–H groups in total. The van der Waals surface area contributed by atoms with E-state index in [-0.39, 0.29) is 6.04 Å². The van der Waals surface area contributed by atoms with Crippen LogP contribution in [-0.4, -0.2) is 45.5 Å². The minimum atomic E-state index is -0.583. The molecule has 1 aromatic rings. The molecule has 0 saturated carbocycles. The Morgan fingerprint density at radius 2 is 2.12 bits per heavy atom. The molecular weight excluding hydrogens is 328 g/mol. The first-order valence-electron chi connectivity index (χ1n) is 8.71. The van der Waals surface area contributed by atoms with Gasteiger partial charge in [-0.05, 0) is 32.3 Å². The van der Waals surface area contributed by atoms with Crippen LogP contribution in [0.4, 0.5) is 8.78 Å². The zero-order valence-corrected chi connectivity index (χ0v) is 14.9. The lowest BCUT2D eigenvalue weighted by molar-refractivity contribution is -0.0320. The largest absolute Gasteiger partial charge is 0.381 e. The van der Waals surface area contributed by atoms with Gasteiger partial charge in [-0.15, -0.1) is 0 Å². The summed E-state index contributed by atoms with van der Waals surface area (Å²) in [5.41, 5.74) is 0.396. The van der Waals surface area contributed by atoms with E-state index in [1.54, 1.807) is 14.0 Å². The van der Waals surface area contributed by atoms with Crippen LogP contribution in [0.3, 0.4) is 0 Å². The van der Waals surface area contributed by atoms with Crippen molar-refractivity contribution in [2.45, 2.75) is 38.3 Å². The van der Waals surface area contributed by atoms with Gasteiger partial charge in [0.15, 0.2) is 5.96 Å². The minimum absolute atomic E-state index is 0.299. The lowest BCUT2D eigenvalue weighted by atomic mass is 10.1. The Hall–Kier alpha value is -1.73. The summed E-state index contributed by atoms with van der Waals surface area (Å²) in [4.78, 5) is 4.13. The first kappa shape index (κ1) is 19.6. The molecule has 1 aliphatic rings. The van der Waals surface area contributed by atoms with Crippen LogP contribution in [0.15, 0.2) is 23.2 Å². The summed E-state index contributed by atoms with van der Waals surface area (Å²) in [5, 5.41) is 6.28. The summed E-state index contributed by atoms with van der Waals surface area (Å²) < 4.78 is 37.9. The molecule has 0 bridgehead atoms. The molecule has 25 heavy (non-hydrogen) atoms. The molecule has 2 rings (SSSR count). The Balaban J connectivity index is 1.69. The maximum Gasteiger partial charge on any atom is 0.191 e. The molecule has 0 aromatic heterocycles. The third-order valence-electron chi connectivity index (χ3n) is 4.14. The number of hydrogen-bond acceptors (Lipinski definition) is 3. The molecule has 0 radical (unpaired) electrons. The van der Waals surface area contributed by atoms with Gasteiger partial charge in [-0.25, -0.2) is 8.78 Å². The van der Waals surface area contributed by atoms with E-state index in [4.69, 9.17) is 9.47 Å². The van der Waals surface area contributed by atoms with Gasteiger partial charge in [-0.1, -0.05) is 6.07 Å². The second-order valence-electron chi connectivity index (χ2n) is 6.07. The highest BCUT2D eigenvalue weighted by Crippen LogP contribution is 2.17. The summed E-state index contributed by atoms with van der Waals surface area (Å²) in [5.74, 6) is -0.580. The third kappa shape index (κ3) is 6.59. The number of halogens is 2. The lowest BCUT2D eigenvalue weighted by Gasteiger charge is -2.22. The first-order chi connectivity index (χ1) is 12.1. The number of guanidine groups is 1. The fourth-order valence-electron chi connectivity index (χ4n) is 2.70. The number of nitrogens with one attached hydrogen (secondary N) is 2. The standard InChI is InChI=1S/C18H27F2N3O2/c1-13(16-5-4-14(19)12-17(16)20)23-18(21-2)22-8-3-9-25-15-6-10-24-11-7-15/h4-5,12-13,15H,3,6-11H2,1-2H3,(H2,21,22,23). The van der Waals surface area contributed by atoms with Gasteiger partial charge in [-0.3, -0.25) is 4.99 Å². The molecule has 140 valence electrons. The number of hydrogen-bond donors (Lipinski definition) is 2. The van der Waals surface area contributed by atoms with Crippen molar-refractivity contribution in [2.75, 3.05) is 33.4 Å². The molecule has 1 saturated heterocycles. The van der Waals surface area contributed by atoms with Crippen LogP contribution in [-0.2, 0) is 9.47 Å². The maximum atomic E-state index is 13.8. The number of aliphatic imine (C=N–C) groups is 1. The van der Waals surface area contributed by atoms with E-state index in [9.17, 15) is 8.78 Å². The first-order valence-corrected chi connectivity index (χ1v) is 8.71. The van der Waals surface area contributed by atoms with Crippen LogP contribution in [0.5, 0.6) is 0 Å². The summed E-state index contributed by atoms with van der Waals surface area (Å²) in [7, 11) is 1.65. The smallest absolute Gasteiger partial charge is 0.191 e. The molecule has 1 atom stereocenters. The molecule has 1 aliphatic heterocycles. The minimum Gasteiger partial charge on any atom is -0.381 e. The van der Waals surface area contributed by atoms with Gasteiger partial charge in [-0.2, -0.15) is 0 Å². The highest BCUT2D eigenvalue weighted by molar-refractivity contribution is 5.80. The summed E-state index contributed by atoms with van der Waals surface area (Å²) in [6, 6.07) is 3.25. The quantitative estimate of drug-likeness (QED) is 0.449. The summed E-state index contributed by atoms with van der Waals surface area (Å²) in [6.07, 6.45) is 3.05. The van der Waals surface area contributed by atoms with Crippen molar-refractivity contribution in [3.8, 4) is 0 Å². The second kappa shape index (κ2) is 10.3. The van der Waals surface area contributed by atoms with Gasteiger partial charge < -0.3 is 20.1 Å². The maximum absolute atomic E-state index is 13.8. The highest BCUT2D eigenvalue weighted by Gasteiger charge is 2.14. The Bertz CT molecular complexity index is 563.